The minimum atomic E-state index is -0.0222. The standard InChI is InChI=1S/C16H18ClN3O2/c17-15-8-12(22-19-15)6-7-16(21)20-9-13(14(18)10-20)11-4-2-1-3-5-11/h1-5,8,13-14H,6-7,9-10,18H2/t13-,14+/m1/s1. The van der Waals surface area contributed by atoms with E-state index >= 15 is 0 Å². The van der Waals surface area contributed by atoms with Crippen LogP contribution in [0.15, 0.2) is 40.9 Å². The Balaban J connectivity index is 1.58. The lowest BCUT2D eigenvalue weighted by Crippen LogP contribution is -2.32. The van der Waals surface area contributed by atoms with Gasteiger partial charge in [0.05, 0.1) is 0 Å². The summed E-state index contributed by atoms with van der Waals surface area (Å²) in [5.41, 5.74) is 7.40. The third-order valence-corrected chi connectivity index (χ3v) is 4.24. The van der Waals surface area contributed by atoms with Crippen molar-refractivity contribution >= 4 is 17.5 Å². The highest BCUT2D eigenvalue weighted by Crippen LogP contribution is 2.26. The van der Waals surface area contributed by atoms with E-state index in [0.717, 1.165) is 0 Å². The van der Waals surface area contributed by atoms with Crippen LogP contribution in [-0.2, 0) is 11.2 Å². The molecule has 2 atom stereocenters. The molecule has 2 heterocycles. The summed E-state index contributed by atoms with van der Waals surface area (Å²) in [7, 11) is 0. The molecule has 0 unspecified atom stereocenters. The fraction of sp³-hybridized carbons (Fsp3) is 0.375. The minimum Gasteiger partial charge on any atom is -0.360 e. The first-order valence-electron chi connectivity index (χ1n) is 7.33. The zero-order valence-electron chi connectivity index (χ0n) is 12.1. The molecule has 0 bridgehead atoms. The third-order valence-electron chi connectivity index (χ3n) is 4.06. The quantitative estimate of drug-likeness (QED) is 0.937. The summed E-state index contributed by atoms with van der Waals surface area (Å²) in [6.07, 6.45) is 0.875. The molecule has 0 radical (unpaired) electrons. The second-order valence-corrected chi connectivity index (χ2v) is 5.98. The molecule has 1 aromatic heterocycles. The predicted octanol–water partition coefficient (Wildman–Crippen LogP) is 2.21. The van der Waals surface area contributed by atoms with Gasteiger partial charge in [-0.2, -0.15) is 0 Å². The molecule has 3 rings (SSSR count). The molecule has 2 N–H and O–H groups in total. The van der Waals surface area contributed by atoms with Crippen LogP contribution in [0.25, 0.3) is 0 Å². The summed E-state index contributed by atoms with van der Waals surface area (Å²) in [6.45, 7) is 1.26. The number of hydrogen-bond acceptors (Lipinski definition) is 4. The maximum atomic E-state index is 12.3. The monoisotopic (exact) mass is 319 g/mol. The second kappa shape index (κ2) is 6.50. The molecule has 1 saturated heterocycles. The molecule has 1 aliphatic heterocycles. The molecule has 116 valence electrons. The number of hydrogen-bond donors (Lipinski definition) is 1. The highest BCUT2D eigenvalue weighted by Gasteiger charge is 2.33. The summed E-state index contributed by atoms with van der Waals surface area (Å²) >= 11 is 5.69. The van der Waals surface area contributed by atoms with Crippen LogP contribution in [0.1, 0.15) is 23.7 Å². The Morgan fingerprint density at radius 2 is 2.14 bits per heavy atom. The SMILES string of the molecule is N[C@H]1CN(C(=O)CCc2cc(Cl)no2)C[C@@H]1c1ccccc1. The molecule has 5 nitrogen and oxygen atoms in total. The van der Waals surface area contributed by atoms with Gasteiger partial charge in [0.25, 0.3) is 0 Å². The largest absolute Gasteiger partial charge is 0.360 e. The van der Waals surface area contributed by atoms with Crippen molar-refractivity contribution in [1.82, 2.24) is 10.1 Å². The highest BCUT2D eigenvalue weighted by atomic mass is 35.5. The smallest absolute Gasteiger partial charge is 0.223 e. The molecule has 1 aliphatic rings. The number of likely N-dealkylation sites (tertiary alicyclic amines) is 1. The number of benzene rings is 1. The topological polar surface area (TPSA) is 72.4 Å². The number of rotatable bonds is 4. The summed E-state index contributed by atoms with van der Waals surface area (Å²) in [4.78, 5) is 14.2. The third kappa shape index (κ3) is 3.31. The van der Waals surface area contributed by atoms with E-state index in [0.29, 0.717) is 36.8 Å². The lowest BCUT2D eigenvalue weighted by Gasteiger charge is -2.16. The van der Waals surface area contributed by atoms with E-state index in [1.54, 1.807) is 6.07 Å². The van der Waals surface area contributed by atoms with E-state index in [4.69, 9.17) is 21.9 Å². The van der Waals surface area contributed by atoms with Crippen LogP contribution in [0.4, 0.5) is 0 Å². The fourth-order valence-corrected chi connectivity index (χ4v) is 3.04. The van der Waals surface area contributed by atoms with Gasteiger partial charge in [-0.25, -0.2) is 0 Å². The van der Waals surface area contributed by atoms with Gasteiger partial charge >= 0.3 is 0 Å². The van der Waals surface area contributed by atoms with E-state index in [2.05, 4.69) is 17.3 Å². The number of carbonyl (C=O) groups excluding carboxylic acids is 1. The van der Waals surface area contributed by atoms with Crippen molar-refractivity contribution in [1.29, 1.82) is 0 Å². The first-order valence-corrected chi connectivity index (χ1v) is 7.70. The van der Waals surface area contributed by atoms with Crippen molar-refractivity contribution in [2.75, 3.05) is 13.1 Å². The molecule has 1 fully saturated rings. The number of aryl methyl sites for hydroxylation is 1. The number of aromatic nitrogens is 1. The molecule has 2 aromatic rings. The van der Waals surface area contributed by atoms with Gasteiger partial charge in [0, 0.05) is 44.0 Å². The number of carbonyl (C=O) groups is 1. The summed E-state index contributed by atoms with van der Waals surface area (Å²) < 4.78 is 5.01. The second-order valence-electron chi connectivity index (χ2n) is 5.60. The van der Waals surface area contributed by atoms with Gasteiger partial charge in [-0.1, -0.05) is 47.1 Å². The number of nitrogens with two attached hydrogens (primary N) is 1. The first-order chi connectivity index (χ1) is 10.6. The zero-order valence-corrected chi connectivity index (χ0v) is 12.9. The summed E-state index contributed by atoms with van der Waals surface area (Å²) in [5.74, 6) is 0.910. The van der Waals surface area contributed by atoms with E-state index in [1.165, 1.54) is 5.56 Å². The number of amides is 1. The van der Waals surface area contributed by atoms with Gasteiger partial charge < -0.3 is 15.2 Å². The Morgan fingerprint density at radius 3 is 2.82 bits per heavy atom. The van der Waals surface area contributed by atoms with Gasteiger partial charge in [-0.05, 0) is 5.56 Å². The molecule has 1 amide bonds. The summed E-state index contributed by atoms with van der Waals surface area (Å²) in [6, 6.07) is 11.7. The molecule has 6 heteroatoms. The van der Waals surface area contributed by atoms with Crippen LogP contribution in [0.2, 0.25) is 5.15 Å². The van der Waals surface area contributed by atoms with Gasteiger partial charge in [0.2, 0.25) is 5.91 Å². The van der Waals surface area contributed by atoms with Gasteiger partial charge in [0.1, 0.15) is 5.76 Å². The van der Waals surface area contributed by atoms with Crippen LogP contribution in [-0.4, -0.2) is 35.1 Å². The van der Waals surface area contributed by atoms with E-state index < -0.39 is 0 Å². The van der Waals surface area contributed by atoms with E-state index in [9.17, 15) is 4.79 Å². The maximum absolute atomic E-state index is 12.3. The normalized spacial score (nSPS) is 21.3. The average molecular weight is 320 g/mol. The van der Waals surface area contributed by atoms with Gasteiger partial charge in [0.15, 0.2) is 5.15 Å². The molecule has 1 aromatic carbocycles. The molecular weight excluding hydrogens is 302 g/mol. The molecule has 22 heavy (non-hydrogen) atoms. The minimum absolute atomic E-state index is 0.0222. The van der Waals surface area contributed by atoms with Crippen molar-refractivity contribution in [3.05, 3.63) is 52.9 Å². The van der Waals surface area contributed by atoms with Crippen LogP contribution >= 0.6 is 11.6 Å². The first kappa shape index (κ1) is 15.1. The Labute approximate surface area is 134 Å². The Bertz CT molecular complexity index is 644. The zero-order chi connectivity index (χ0) is 15.5. The molecular formula is C16H18ClN3O2. The van der Waals surface area contributed by atoms with Crippen molar-refractivity contribution in [2.45, 2.75) is 24.8 Å². The molecule has 0 spiro atoms. The van der Waals surface area contributed by atoms with E-state index in [1.807, 2.05) is 23.1 Å². The lowest BCUT2D eigenvalue weighted by molar-refractivity contribution is -0.130. The maximum Gasteiger partial charge on any atom is 0.223 e. The highest BCUT2D eigenvalue weighted by molar-refractivity contribution is 6.29. The Kier molecular flexibility index (Phi) is 4.45. The van der Waals surface area contributed by atoms with Crippen molar-refractivity contribution < 1.29 is 9.32 Å². The number of nitrogens with zero attached hydrogens (tertiary/aromatic N) is 2. The fourth-order valence-electron chi connectivity index (χ4n) is 2.88. The lowest BCUT2D eigenvalue weighted by atomic mass is 9.95. The van der Waals surface area contributed by atoms with Gasteiger partial charge in [-0.3, -0.25) is 4.79 Å². The Hall–Kier alpha value is -1.85. The Morgan fingerprint density at radius 1 is 1.36 bits per heavy atom. The van der Waals surface area contributed by atoms with Crippen LogP contribution in [0.5, 0.6) is 0 Å². The van der Waals surface area contributed by atoms with Crippen LogP contribution < -0.4 is 5.73 Å². The van der Waals surface area contributed by atoms with Crippen LogP contribution in [0.3, 0.4) is 0 Å². The number of halogens is 1. The molecule has 0 saturated carbocycles. The van der Waals surface area contributed by atoms with E-state index in [-0.39, 0.29) is 17.9 Å². The molecule has 0 aliphatic carbocycles. The predicted molar refractivity (Wildman–Crippen MR) is 83.6 cm³/mol. The van der Waals surface area contributed by atoms with Gasteiger partial charge in [-0.15, -0.1) is 0 Å². The van der Waals surface area contributed by atoms with Crippen molar-refractivity contribution in [3.8, 4) is 0 Å². The summed E-state index contributed by atoms with van der Waals surface area (Å²) in [5, 5.41) is 3.92. The average Bonchev–Trinajstić information content (AvgIpc) is 3.12. The van der Waals surface area contributed by atoms with Crippen molar-refractivity contribution in [3.63, 3.8) is 0 Å². The van der Waals surface area contributed by atoms with Crippen molar-refractivity contribution in [2.24, 2.45) is 5.73 Å². The van der Waals surface area contributed by atoms with Crippen LogP contribution in [0, 0.1) is 0 Å².